The molecule has 0 saturated carbocycles. The van der Waals surface area contributed by atoms with Crippen LogP contribution in [0.25, 0.3) is 0 Å². The van der Waals surface area contributed by atoms with Crippen molar-refractivity contribution in [3.63, 3.8) is 0 Å². The molecule has 0 aliphatic heterocycles. The summed E-state index contributed by atoms with van der Waals surface area (Å²) in [7, 11) is 1.93. The van der Waals surface area contributed by atoms with Crippen LogP contribution in [-0.4, -0.2) is 29.5 Å². The van der Waals surface area contributed by atoms with E-state index in [1.807, 2.05) is 24.1 Å². The number of rotatable bonds is 7. The minimum absolute atomic E-state index is 0.614. The van der Waals surface area contributed by atoms with Gasteiger partial charge in [0.1, 0.15) is 0 Å². The molecule has 0 radical (unpaired) electrons. The standard InChI is InChI=1S/C11H21N3O/c1-10(2)9-15-5-4-12-6-11-7-13-14(3)8-11/h7-8,10,12H,4-6,9H2,1-3H3. The fraction of sp³-hybridized carbons (Fsp3) is 0.727. The van der Waals surface area contributed by atoms with Crippen LogP contribution in [0.15, 0.2) is 12.4 Å². The molecule has 0 unspecified atom stereocenters. The average Bonchev–Trinajstić information content (AvgIpc) is 2.57. The average molecular weight is 211 g/mol. The molecule has 0 saturated heterocycles. The number of aromatic nitrogens is 2. The van der Waals surface area contributed by atoms with E-state index in [2.05, 4.69) is 24.3 Å². The molecule has 1 heterocycles. The number of hydrogen-bond acceptors (Lipinski definition) is 3. The summed E-state index contributed by atoms with van der Waals surface area (Å²) in [5.41, 5.74) is 1.21. The highest BCUT2D eigenvalue weighted by Crippen LogP contribution is 1.94. The minimum Gasteiger partial charge on any atom is -0.380 e. The Morgan fingerprint density at radius 3 is 2.93 bits per heavy atom. The second-order valence-corrected chi connectivity index (χ2v) is 4.17. The lowest BCUT2D eigenvalue weighted by molar-refractivity contribution is 0.111. The maximum absolute atomic E-state index is 5.45. The monoisotopic (exact) mass is 211 g/mol. The van der Waals surface area contributed by atoms with Gasteiger partial charge in [-0.1, -0.05) is 13.8 Å². The smallest absolute Gasteiger partial charge is 0.0591 e. The summed E-state index contributed by atoms with van der Waals surface area (Å²) < 4.78 is 7.27. The molecule has 0 spiro atoms. The third kappa shape index (κ3) is 5.54. The Morgan fingerprint density at radius 2 is 2.33 bits per heavy atom. The molecular weight excluding hydrogens is 190 g/mol. The number of nitrogens with zero attached hydrogens (tertiary/aromatic N) is 2. The van der Waals surface area contributed by atoms with E-state index in [4.69, 9.17) is 4.74 Å². The van der Waals surface area contributed by atoms with Crippen LogP contribution in [0.2, 0.25) is 0 Å². The third-order valence-electron chi connectivity index (χ3n) is 1.96. The van der Waals surface area contributed by atoms with Gasteiger partial charge < -0.3 is 10.1 Å². The fourth-order valence-electron chi connectivity index (χ4n) is 1.26. The van der Waals surface area contributed by atoms with E-state index >= 15 is 0 Å². The predicted molar refractivity (Wildman–Crippen MR) is 60.6 cm³/mol. The largest absolute Gasteiger partial charge is 0.380 e. The van der Waals surface area contributed by atoms with Crippen molar-refractivity contribution >= 4 is 0 Å². The Kier molecular flexibility index (Phi) is 5.36. The van der Waals surface area contributed by atoms with Crippen molar-refractivity contribution in [2.24, 2.45) is 13.0 Å². The first-order chi connectivity index (χ1) is 7.18. The normalized spacial score (nSPS) is 11.2. The van der Waals surface area contributed by atoms with Crippen LogP contribution < -0.4 is 5.32 Å². The van der Waals surface area contributed by atoms with Gasteiger partial charge in [0.25, 0.3) is 0 Å². The number of nitrogens with one attached hydrogen (secondary N) is 1. The highest BCUT2D eigenvalue weighted by atomic mass is 16.5. The van der Waals surface area contributed by atoms with Crippen LogP contribution in [0.1, 0.15) is 19.4 Å². The van der Waals surface area contributed by atoms with Crippen LogP contribution in [0.5, 0.6) is 0 Å². The molecule has 0 atom stereocenters. The summed E-state index contributed by atoms with van der Waals surface area (Å²) in [5.74, 6) is 0.614. The molecule has 1 rings (SSSR count). The molecule has 0 fully saturated rings. The summed E-state index contributed by atoms with van der Waals surface area (Å²) in [6.45, 7) is 7.68. The Bertz CT molecular complexity index is 271. The quantitative estimate of drug-likeness (QED) is 0.688. The molecule has 86 valence electrons. The van der Waals surface area contributed by atoms with Gasteiger partial charge in [-0.3, -0.25) is 4.68 Å². The summed E-state index contributed by atoms with van der Waals surface area (Å²) in [6.07, 6.45) is 3.89. The molecule has 1 aromatic rings. The Hall–Kier alpha value is -0.870. The van der Waals surface area contributed by atoms with Gasteiger partial charge in [-0.05, 0) is 5.92 Å². The molecule has 15 heavy (non-hydrogen) atoms. The second kappa shape index (κ2) is 6.58. The fourth-order valence-corrected chi connectivity index (χ4v) is 1.26. The van der Waals surface area contributed by atoms with Crippen LogP contribution in [0.4, 0.5) is 0 Å². The highest BCUT2D eigenvalue weighted by Gasteiger charge is 1.96. The van der Waals surface area contributed by atoms with Gasteiger partial charge >= 0.3 is 0 Å². The first kappa shape index (κ1) is 12.2. The molecule has 0 aliphatic carbocycles. The van der Waals surface area contributed by atoms with E-state index in [1.54, 1.807) is 0 Å². The number of aryl methyl sites for hydroxylation is 1. The molecule has 1 N–H and O–H groups in total. The Morgan fingerprint density at radius 1 is 1.53 bits per heavy atom. The van der Waals surface area contributed by atoms with Crippen molar-refractivity contribution < 1.29 is 4.74 Å². The van der Waals surface area contributed by atoms with E-state index in [9.17, 15) is 0 Å². The SMILES string of the molecule is CC(C)COCCNCc1cnn(C)c1. The predicted octanol–water partition coefficient (Wildman–Crippen LogP) is 1.18. The van der Waals surface area contributed by atoms with Crippen LogP contribution >= 0.6 is 0 Å². The zero-order chi connectivity index (χ0) is 11.1. The van der Waals surface area contributed by atoms with Crippen LogP contribution in [-0.2, 0) is 18.3 Å². The maximum atomic E-state index is 5.45. The van der Waals surface area contributed by atoms with Gasteiger partial charge in [0.05, 0.1) is 12.8 Å². The van der Waals surface area contributed by atoms with E-state index in [1.165, 1.54) is 5.56 Å². The molecule has 0 aromatic carbocycles. The van der Waals surface area contributed by atoms with Gasteiger partial charge in [0.15, 0.2) is 0 Å². The summed E-state index contributed by atoms with van der Waals surface area (Å²) in [6, 6.07) is 0. The number of hydrogen-bond donors (Lipinski definition) is 1. The van der Waals surface area contributed by atoms with E-state index in [-0.39, 0.29) is 0 Å². The van der Waals surface area contributed by atoms with Crippen molar-refractivity contribution in [1.82, 2.24) is 15.1 Å². The van der Waals surface area contributed by atoms with E-state index < -0.39 is 0 Å². The zero-order valence-corrected chi connectivity index (χ0v) is 9.86. The van der Waals surface area contributed by atoms with Crippen LogP contribution in [0, 0.1) is 5.92 Å². The highest BCUT2D eigenvalue weighted by molar-refractivity contribution is 5.02. The first-order valence-corrected chi connectivity index (χ1v) is 5.44. The molecule has 0 amide bonds. The summed E-state index contributed by atoms with van der Waals surface area (Å²) in [4.78, 5) is 0. The molecule has 4 nitrogen and oxygen atoms in total. The van der Waals surface area contributed by atoms with Crippen molar-refractivity contribution in [1.29, 1.82) is 0 Å². The molecule has 1 aromatic heterocycles. The maximum Gasteiger partial charge on any atom is 0.0591 e. The molecule has 4 heteroatoms. The van der Waals surface area contributed by atoms with E-state index in [0.717, 1.165) is 26.3 Å². The lowest BCUT2D eigenvalue weighted by atomic mass is 10.2. The molecule has 0 bridgehead atoms. The minimum atomic E-state index is 0.614. The van der Waals surface area contributed by atoms with Crippen molar-refractivity contribution in [2.45, 2.75) is 20.4 Å². The first-order valence-electron chi connectivity index (χ1n) is 5.44. The van der Waals surface area contributed by atoms with Gasteiger partial charge in [-0.15, -0.1) is 0 Å². The van der Waals surface area contributed by atoms with Crippen molar-refractivity contribution in [3.8, 4) is 0 Å². The van der Waals surface area contributed by atoms with Gasteiger partial charge in [-0.2, -0.15) is 5.10 Å². The summed E-state index contributed by atoms with van der Waals surface area (Å²) >= 11 is 0. The Labute approximate surface area is 91.6 Å². The zero-order valence-electron chi connectivity index (χ0n) is 9.86. The van der Waals surface area contributed by atoms with Gasteiger partial charge in [-0.25, -0.2) is 0 Å². The lowest BCUT2D eigenvalue weighted by Crippen LogP contribution is -2.20. The van der Waals surface area contributed by atoms with Crippen molar-refractivity contribution in [3.05, 3.63) is 18.0 Å². The lowest BCUT2D eigenvalue weighted by Gasteiger charge is -2.07. The molecule has 0 aliphatic rings. The third-order valence-corrected chi connectivity index (χ3v) is 1.96. The van der Waals surface area contributed by atoms with Gasteiger partial charge in [0, 0.05) is 38.5 Å². The number of ether oxygens (including phenoxy) is 1. The molecular formula is C11H21N3O. The van der Waals surface area contributed by atoms with Crippen molar-refractivity contribution in [2.75, 3.05) is 19.8 Å². The van der Waals surface area contributed by atoms with Gasteiger partial charge in [0.2, 0.25) is 0 Å². The van der Waals surface area contributed by atoms with Crippen LogP contribution in [0.3, 0.4) is 0 Å². The van der Waals surface area contributed by atoms with E-state index in [0.29, 0.717) is 5.92 Å². The topological polar surface area (TPSA) is 39.1 Å². The Balaban J connectivity index is 1.98. The second-order valence-electron chi connectivity index (χ2n) is 4.17. The summed E-state index contributed by atoms with van der Waals surface area (Å²) in [5, 5.41) is 7.41.